The van der Waals surface area contributed by atoms with E-state index in [1.807, 2.05) is 54.6 Å². The van der Waals surface area contributed by atoms with Crippen LogP contribution in [0, 0.1) is 29.5 Å². The van der Waals surface area contributed by atoms with Crippen LogP contribution in [0.5, 0.6) is 28.7 Å². The van der Waals surface area contributed by atoms with E-state index in [0.29, 0.717) is 47.3 Å². The lowest BCUT2D eigenvalue weighted by Gasteiger charge is -2.51. The third kappa shape index (κ3) is 13.1. The first-order chi connectivity index (χ1) is 34.4. The van der Waals surface area contributed by atoms with Crippen LogP contribution in [-0.4, -0.2) is 89.5 Å². The van der Waals surface area contributed by atoms with Gasteiger partial charge in [-0.3, -0.25) is 9.69 Å². The number of hydrogen-bond acceptors (Lipinski definition) is 9. The maximum Gasteiger partial charge on any atom is 0.231 e. The standard InChI is InChI=1S/C24H29NO3.C19H20FNO3.C17H26ClN/c1-27-22-14-19-13-20(24(26)21(19)15-23(22)28-2)12-17-8-10-25(11-9-17)16-18-6-4-3-5-7-18;20-15-3-1-13(2-4-15)17-7-8-21-10-14(17)11-22-16-5-6-18-19(9-16)24-12-23-18;1-13(2)12-16(19(3)4)17(10-5-11-17)14-6-8-15(18)9-7-14/h3-7,14-15,17,20H,8-13,16H2,1-2H3;1-6,9,14,17,21H,7-8,10-12H2;6-9,13,16H,5,10-12H2,1-4H3/t;14-,17-;/m.0./s1. The Morgan fingerprint density at radius 1 is 0.859 bits per heavy atom. The molecule has 2 aliphatic carbocycles. The molecule has 10 rings (SSSR count). The fraction of sp³-hybridized carbons (Fsp3) is 0.483. The number of methoxy groups -OCH3 is 2. The third-order valence-corrected chi connectivity index (χ3v) is 15.9. The van der Waals surface area contributed by atoms with Crippen LogP contribution in [0.15, 0.2) is 109 Å². The lowest BCUT2D eigenvalue weighted by Crippen LogP contribution is -2.52. The van der Waals surface area contributed by atoms with E-state index in [4.69, 9.17) is 35.3 Å². The fourth-order valence-electron chi connectivity index (χ4n) is 11.7. The summed E-state index contributed by atoms with van der Waals surface area (Å²) < 4.78 is 40.6. The zero-order chi connectivity index (χ0) is 49.9. The summed E-state index contributed by atoms with van der Waals surface area (Å²) >= 11 is 6.04. The molecule has 1 saturated carbocycles. The summed E-state index contributed by atoms with van der Waals surface area (Å²) in [7, 11) is 7.71. The molecule has 5 aliphatic rings. The Hall–Kier alpha value is -5.13. The molecule has 0 radical (unpaired) electrons. The van der Waals surface area contributed by atoms with Crippen molar-refractivity contribution in [3.63, 3.8) is 0 Å². The molecule has 5 aromatic carbocycles. The largest absolute Gasteiger partial charge is 0.493 e. The molecule has 3 aliphatic heterocycles. The number of fused-ring (bicyclic) bond motifs is 2. The highest BCUT2D eigenvalue weighted by molar-refractivity contribution is 6.30. The lowest BCUT2D eigenvalue weighted by molar-refractivity contribution is 0.0808. The number of hydrogen-bond donors (Lipinski definition) is 1. The monoisotopic (exact) mass is 988 g/mol. The minimum Gasteiger partial charge on any atom is -0.493 e. The maximum atomic E-state index is 13.2. The normalized spacial score (nSPS) is 20.8. The molecule has 1 N–H and O–H groups in total. The third-order valence-electron chi connectivity index (χ3n) is 15.6. The van der Waals surface area contributed by atoms with E-state index in [-0.39, 0.29) is 24.3 Å². The molecule has 4 atom stereocenters. The molecule has 3 fully saturated rings. The summed E-state index contributed by atoms with van der Waals surface area (Å²) in [5.41, 5.74) is 6.31. The highest BCUT2D eigenvalue weighted by Crippen LogP contribution is 2.49. The van der Waals surface area contributed by atoms with Gasteiger partial charge in [0.2, 0.25) is 6.79 Å². The van der Waals surface area contributed by atoms with Gasteiger partial charge in [0, 0.05) is 53.0 Å². The van der Waals surface area contributed by atoms with Crippen molar-refractivity contribution < 1.29 is 32.9 Å². The van der Waals surface area contributed by atoms with Gasteiger partial charge in [0.15, 0.2) is 28.8 Å². The molecule has 2 unspecified atom stereocenters. The van der Waals surface area contributed by atoms with Gasteiger partial charge in [-0.25, -0.2) is 4.39 Å². The summed E-state index contributed by atoms with van der Waals surface area (Å²) in [6.45, 7) is 10.7. The van der Waals surface area contributed by atoms with Gasteiger partial charge < -0.3 is 33.9 Å². The molecule has 380 valence electrons. The van der Waals surface area contributed by atoms with Crippen LogP contribution >= 0.6 is 11.6 Å². The van der Waals surface area contributed by atoms with E-state index in [0.717, 1.165) is 91.3 Å². The van der Waals surface area contributed by atoms with Crippen LogP contribution in [0.2, 0.25) is 5.02 Å². The minimum absolute atomic E-state index is 0.109. The highest BCUT2D eigenvalue weighted by Gasteiger charge is 2.46. The molecule has 9 nitrogen and oxygen atoms in total. The number of benzene rings is 5. The summed E-state index contributed by atoms with van der Waals surface area (Å²) in [5, 5.41) is 4.26. The first-order valence-corrected chi connectivity index (χ1v) is 26.3. The molecular weight excluding hydrogens is 913 g/mol. The maximum absolute atomic E-state index is 13.2. The van der Waals surface area contributed by atoms with Gasteiger partial charge in [0.25, 0.3) is 0 Å². The number of carbonyl (C=O) groups is 1. The number of likely N-dealkylation sites (tertiary alicyclic amines) is 1. The van der Waals surface area contributed by atoms with Crippen LogP contribution < -0.4 is 29.0 Å². The van der Waals surface area contributed by atoms with Crippen LogP contribution in [0.25, 0.3) is 0 Å². The Labute approximate surface area is 427 Å². The minimum atomic E-state index is -0.194. The van der Waals surface area contributed by atoms with Crippen LogP contribution in [-0.2, 0) is 18.4 Å². The van der Waals surface area contributed by atoms with Gasteiger partial charge >= 0.3 is 0 Å². The molecule has 11 heteroatoms. The second-order valence-electron chi connectivity index (χ2n) is 20.9. The van der Waals surface area contributed by atoms with Crippen molar-refractivity contribution in [2.75, 3.05) is 67.9 Å². The van der Waals surface area contributed by atoms with Crippen molar-refractivity contribution in [2.45, 2.75) is 95.6 Å². The van der Waals surface area contributed by atoms with Crippen molar-refractivity contribution in [3.05, 3.63) is 148 Å². The van der Waals surface area contributed by atoms with Crippen molar-refractivity contribution >= 4 is 17.4 Å². The molecule has 71 heavy (non-hydrogen) atoms. The fourth-order valence-corrected chi connectivity index (χ4v) is 11.8. The number of ether oxygens (including phenoxy) is 5. The number of nitrogens with zero attached hydrogens (tertiary/aromatic N) is 2. The zero-order valence-corrected chi connectivity index (χ0v) is 43.5. The van der Waals surface area contributed by atoms with Gasteiger partial charge in [0.1, 0.15) is 11.6 Å². The molecule has 0 bridgehead atoms. The molecule has 2 saturated heterocycles. The summed E-state index contributed by atoms with van der Waals surface area (Å²) in [4.78, 5) is 17.9. The molecule has 0 amide bonds. The smallest absolute Gasteiger partial charge is 0.231 e. The SMILES string of the molecule is CC(C)CC(N(C)C)C1(c2ccc(Cl)cc2)CCC1.COc1cc2c(cc1OC)C(=O)C(CC1CCN(Cc3ccccc3)CC1)C2.Fc1ccc([C@@H]2CCNC[C@H]2COc2ccc3c(c2)OCO3)cc1. The van der Waals surface area contributed by atoms with Crippen LogP contribution in [0.4, 0.5) is 4.39 Å². The molecule has 0 spiro atoms. The zero-order valence-electron chi connectivity index (χ0n) is 42.8. The predicted molar refractivity (Wildman–Crippen MR) is 282 cm³/mol. The average Bonchev–Trinajstić information content (AvgIpc) is 3.97. The number of carbonyl (C=O) groups excluding carboxylic acids is 1. The van der Waals surface area contributed by atoms with Gasteiger partial charge in [-0.1, -0.05) is 86.5 Å². The van der Waals surface area contributed by atoms with E-state index >= 15 is 0 Å². The highest BCUT2D eigenvalue weighted by atomic mass is 35.5. The average molecular weight is 989 g/mol. The Kier molecular flexibility index (Phi) is 18.0. The summed E-state index contributed by atoms with van der Waals surface area (Å²) in [6.07, 6.45) is 10.4. The lowest BCUT2D eigenvalue weighted by atomic mass is 9.58. The van der Waals surface area contributed by atoms with E-state index < -0.39 is 0 Å². The van der Waals surface area contributed by atoms with E-state index in [1.165, 1.54) is 67.3 Å². The van der Waals surface area contributed by atoms with Gasteiger partial charge in [-0.15, -0.1) is 0 Å². The number of likely N-dealkylation sites (N-methyl/N-ethyl adjacent to an activating group) is 1. The van der Waals surface area contributed by atoms with Gasteiger partial charge in [-0.05, 0) is 174 Å². The van der Waals surface area contributed by atoms with Gasteiger partial charge in [0.05, 0.1) is 20.8 Å². The molecular formula is C60H75ClFN3O6. The Balaban J connectivity index is 0.000000146. The first-order valence-electron chi connectivity index (χ1n) is 25.9. The Bertz CT molecular complexity index is 2480. The van der Waals surface area contributed by atoms with Crippen LogP contribution in [0.3, 0.4) is 0 Å². The van der Waals surface area contributed by atoms with Crippen molar-refractivity contribution in [3.8, 4) is 28.7 Å². The summed E-state index contributed by atoms with van der Waals surface area (Å²) in [5.74, 6) is 5.90. The number of Topliss-reactive ketones (excluding diaryl/α,β-unsaturated/α-hetero) is 1. The number of rotatable bonds is 15. The molecule has 3 heterocycles. The first kappa shape index (κ1) is 52.2. The van der Waals surface area contributed by atoms with Crippen molar-refractivity contribution in [1.29, 1.82) is 0 Å². The topological polar surface area (TPSA) is 81.7 Å². The number of halogens is 2. The second kappa shape index (κ2) is 24.5. The summed E-state index contributed by atoms with van der Waals surface area (Å²) in [6, 6.07) is 36.2. The number of ketones is 1. The quantitative estimate of drug-likeness (QED) is 0.110. The van der Waals surface area contributed by atoms with Crippen LogP contribution in [0.1, 0.15) is 104 Å². The van der Waals surface area contributed by atoms with Crippen molar-refractivity contribution in [1.82, 2.24) is 15.1 Å². The Morgan fingerprint density at radius 2 is 1.56 bits per heavy atom. The van der Waals surface area contributed by atoms with E-state index in [2.05, 4.69) is 85.5 Å². The Morgan fingerprint density at radius 3 is 2.23 bits per heavy atom. The number of piperidine rings is 2. The van der Waals surface area contributed by atoms with E-state index in [1.54, 1.807) is 14.2 Å². The van der Waals surface area contributed by atoms with E-state index in [9.17, 15) is 9.18 Å². The number of nitrogens with one attached hydrogen (secondary N) is 1. The molecule has 5 aromatic rings. The van der Waals surface area contributed by atoms with Crippen molar-refractivity contribution in [2.24, 2.45) is 23.7 Å². The molecule has 0 aromatic heterocycles. The van der Waals surface area contributed by atoms with Gasteiger partial charge in [-0.2, -0.15) is 0 Å². The predicted octanol–water partition coefficient (Wildman–Crippen LogP) is 12.4. The second-order valence-corrected chi connectivity index (χ2v) is 21.4.